The van der Waals surface area contributed by atoms with E-state index in [1.165, 1.54) is 4.68 Å². The third-order valence-electron chi connectivity index (χ3n) is 4.55. The highest BCUT2D eigenvalue weighted by Crippen LogP contribution is 2.32. The van der Waals surface area contributed by atoms with Gasteiger partial charge in [0, 0.05) is 18.1 Å². The molecule has 0 atom stereocenters. The molecule has 158 valence electrons. The van der Waals surface area contributed by atoms with Crippen LogP contribution in [-0.4, -0.2) is 26.8 Å². The number of hydrogen-bond donors (Lipinski definition) is 1. The number of ether oxygens (including phenoxy) is 2. The van der Waals surface area contributed by atoms with E-state index in [0.717, 1.165) is 21.8 Å². The number of nitrogens with zero attached hydrogens (tertiary/aromatic N) is 4. The summed E-state index contributed by atoms with van der Waals surface area (Å²) in [5.74, 6) is 1.17. The van der Waals surface area contributed by atoms with Crippen molar-refractivity contribution in [3.8, 4) is 23.2 Å². The molecule has 1 N–H and O–H groups in total. The first-order chi connectivity index (χ1) is 15.2. The monoisotopic (exact) mass is 435 g/mol. The Hall–Kier alpha value is -3.42. The van der Waals surface area contributed by atoms with E-state index in [1.807, 2.05) is 79.7 Å². The van der Waals surface area contributed by atoms with Crippen molar-refractivity contribution in [1.82, 2.24) is 25.5 Å². The number of rotatable bonds is 9. The molecular formula is C23H22ClN5O2. The van der Waals surface area contributed by atoms with Gasteiger partial charge in [0.1, 0.15) is 0 Å². The Kier molecular flexibility index (Phi) is 6.76. The van der Waals surface area contributed by atoms with Gasteiger partial charge in [0.2, 0.25) is 0 Å². The number of nitrogens with one attached hydrogen (secondary N) is 1. The van der Waals surface area contributed by atoms with Crippen LogP contribution in [0.4, 0.5) is 0 Å². The van der Waals surface area contributed by atoms with Crippen LogP contribution in [0.3, 0.4) is 0 Å². The zero-order valence-electron chi connectivity index (χ0n) is 17.0. The smallest absolute Gasteiger partial charge is 0.346 e. The lowest BCUT2D eigenvalue weighted by Gasteiger charge is -2.13. The molecule has 0 amide bonds. The van der Waals surface area contributed by atoms with E-state index in [4.69, 9.17) is 21.1 Å². The Labute approximate surface area is 185 Å². The first kappa shape index (κ1) is 20.8. The summed E-state index contributed by atoms with van der Waals surface area (Å²) in [6.07, 6.45) is 0. The molecule has 1 heterocycles. The van der Waals surface area contributed by atoms with Gasteiger partial charge >= 0.3 is 6.01 Å². The second-order valence-corrected chi connectivity index (χ2v) is 7.13. The van der Waals surface area contributed by atoms with Crippen LogP contribution in [-0.2, 0) is 13.1 Å². The Morgan fingerprint density at radius 2 is 1.74 bits per heavy atom. The maximum Gasteiger partial charge on any atom is 0.346 e. The predicted molar refractivity (Wildman–Crippen MR) is 119 cm³/mol. The van der Waals surface area contributed by atoms with Crippen molar-refractivity contribution in [2.24, 2.45) is 0 Å². The molecule has 4 aromatic rings. The minimum atomic E-state index is 0.261. The van der Waals surface area contributed by atoms with Gasteiger partial charge in [-0.2, -0.15) is 4.68 Å². The molecule has 3 aromatic carbocycles. The van der Waals surface area contributed by atoms with Crippen molar-refractivity contribution in [3.05, 3.63) is 88.9 Å². The first-order valence-corrected chi connectivity index (χ1v) is 10.3. The van der Waals surface area contributed by atoms with Crippen molar-refractivity contribution in [1.29, 1.82) is 0 Å². The molecule has 1 aromatic heterocycles. The number of hydrogen-bond acceptors (Lipinski definition) is 6. The molecular weight excluding hydrogens is 414 g/mol. The second kappa shape index (κ2) is 10.1. The normalized spacial score (nSPS) is 10.8. The number of benzene rings is 3. The fourth-order valence-electron chi connectivity index (χ4n) is 3.07. The van der Waals surface area contributed by atoms with E-state index in [-0.39, 0.29) is 6.01 Å². The molecule has 0 fully saturated rings. The highest BCUT2D eigenvalue weighted by atomic mass is 35.5. The summed E-state index contributed by atoms with van der Waals surface area (Å²) in [5.41, 5.74) is 2.92. The van der Waals surface area contributed by atoms with Gasteiger partial charge in [-0.15, -0.1) is 0 Å². The predicted octanol–water partition coefficient (Wildman–Crippen LogP) is 4.80. The van der Waals surface area contributed by atoms with Crippen LogP contribution in [0.15, 0.2) is 72.8 Å². The quantitative estimate of drug-likeness (QED) is 0.407. The molecule has 0 saturated carbocycles. The van der Waals surface area contributed by atoms with Crippen LogP contribution < -0.4 is 14.8 Å². The van der Waals surface area contributed by atoms with Crippen LogP contribution >= 0.6 is 11.6 Å². The maximum absolute atomic E-state index is 6.22. The standard InChI is InChI=1S/C23H22ClN5O2/c1-2-30-22-14-17(15-25-16-18-8-6-7-11-20(18)24)12-13-21(22)31-23-26-27-28-29(23)19-9-4-3-5-10-19/h3-14,25H,2,15-16H2,1H3. The molecule has 0 radical (unpaired) electrons. The fraction of sp³-hybridized carbons (Fsp3) is 0.174. The third kappa shape index (κ3) is 5.20. The van der Waals surface area contributed by atoms with E-state index in [0.29, 0.717) is 31.2 Å². The second-order valence-electron chi connectivity index (χ2n) is 6.72. The first-order valence-electron chi connectivity index (χ1n) is 9.96. The van der Waals surface area contributed by atoms with E-state index >= 15 is 0 Å². The van der Waals surface area contributed by atoms with Gasteiger partial charge in [-0.05, 0) is 58.8 Å². The topological polar surface area (TPSA) is 74.1 Å². The van der Waals surface area contributed by atoms with E-state index in [2.05, 4.69) is 20.8 Å². The SMILES string of the molecule is CCOc1cc(CNCc2ccccc2Cl)ccc1Oc1nnnn1-c1ccccc1. The van der Waals surface area contributed by atoms with E-state index in [1.54, 1.807) is 0 Å². The van der Waals surface area contributed by atoms with Crippen LogP contribution in [0.1, 0.15) is 18.1 Å². The molecule has 31 heavy (non-hydrogen) atoms. The van der Waals surface area contributed by atoms with Gasteiger partial charge in [-0.25, -0.2) is 0 Å². The number of para-hydroxylation sites is 1. The minimum absolute atomic E-state index is 0.261. The van der Waals surface area contributed by atoms with Crippen molar-refractivity contribution in [2.75, 3.05) is 6.61 Å². The Bertz CT molecular complexity index is 1130. The molecule has 4 rings (SSSR count). The molecule has 0 bridgehead atoms. The molecule has 7 nitrogen and oxygen atoms in total. The summed E-state index contributed by atoms with van der Waals surface area (Å²) in [6.45, 7) is 3.78. The lowest BCUT2D eigenvalue weighted by atomic mass is 10.2. The van der Waals surface area contributed by atoms with E-state index < -0.39 is 0 Å². The highest BCUT2D eigenvalue weighted by Gasteiger charge is 2.14. The van der Waals surface area contributed by atoms with E-state index in [9.17, 15) is 0 Å². The summed E-state index contributed by atoms with van der Waals surface area (Å²) in [4.78, 5) is 0. The summed E-state index contributed by atoms with van der Waals surface area (Å²) < 4.78 is 13.3. The largest absolute Gasteiger partial charge is 0.490 e. The Morgan fingerprint density at radius 3 is 2.55 bits per heavy atom. The van der Waals surface area contributed by atoms with Crippen LogP contribution in [0.5, 0.6) is 17.5 Å². The van der Waals surface area contributed by atoms with Gasteiger partial charge in [0.25, 0.3) is 0 Å². The summed E-state index contributed by atoms with van der Waals surface area (Å²) >= 11 is 6.22. The van der Waals surface area contributed by atoms with Crippen LogP contribution in [0, 0.1) is 0 Å². The molecule has 0 saturated heterocycles. The van der Waals surface area contributed by atoms with Gasteiger partial charge in [-0.1, -0.05) is 59.2 Å². The molecule has 0 spiro atoms. The summed E-state index contributed by atoms with van der Waals surface area (Å²) in [7, 11) is 0. The van der Waals surface area contributed by atoms with Gasteiger partial charge in [0.15, 0.2) is 11.5 Å². The minimum Gasteiger partial charge on any atom is -0.490 e. The van der Waals surface area contributed by atoms with Crippen LogP contribution in [0.2, 0.25) is 5.02 Å². The average molecular weight is 436 g/mol. The van der Waals surface area contributed by atoms with Crippen molar-refractivity contribution in [2.45, 2.75) is 20.0 Å². The fourth-order valence-corrected chi connectivity index (χ4v) is 3.27. The lowest BCUT2D eigenvalue weighted by Crippen LogP contribution is -2.13. The maximum atomic E-state index is 6.22. The molecule has 0 unspecified atom stereocenters. The van der Waals surface area contributed by atoms with Gasteiger partial charge in [0.05, 0.1) is 12.3 Å². The Balaban J connectivity index is 1.48. The van der Waals surface area contributed by atoms with Gasteiger partial charge in [-0.3, -0.25) is 0 Å². The average Bonchev–Trinajstić information content (AvgIpc) is 3.26. The van der Waals surface area contributed by atoms with Crippen LogP contribution in [0.25, 0.3) is 5.69 Å². The van der Waals surface area contributed by atoms with Crippen molar-refractivity contribution >= 4 is 11.6 Å². The van der Waals surface area contributed by atoms with Gasteiger partial charge < -0.3 is 14.8 Å². The lowest BCUT2D eigenvalue weighted by molar-refractivity contribution is 0.315. The number of tetrazole rings is 1. The Morgan fingerprint density at radius 1 is 0.935 bits per heavy atom. The number of aromatic nitrogens is 4. The molecule has 8 heteroatoms. The summed E-state index contributed by atoms with van der Waals surface area (Å²) in [6, 6.07) is 23.4. The number of halogens is 1. The molecule has 0 aliphatic rings. The van der Waals surface area contributed by atoms with Crippen molar-refractivity contribution < 1.29 is 9.47 Å². The zero-order valence-corrected chi connectivity index (χ0v) is 17.8. The third-order valence-corrected chi connectivity index (χ3v) is 4.92. The van der Waals surface area contributed by atoms with Crippen molar-refractivity contribution in [3.63, 3.8) is 0 Å². The summed E-state index contributed by atoms with van der Waals surface area (Å²) in [5, 5.41) is 15.9. The highest BCUT2D eigenvalue weighted by molar-refractivity contribution is 6.31. The molecule has 0 aliphatic carbocycles. The zero-order chi connectivity index (χ0) is 21.5. The molecule has 0 aliphatic heterocycles.